The van der Waals surface area contributed by atoms with Gasteiger partial charge >= 0.3 is 0 Å². The molecule has 0 amide bonds. The SMILES string of the molecule is COc1ccc(-c2nnc(SCc3cc(C)on3)n2C2CCCCC2)cc1. The smallest absolute Gasteiger partial charge is 0.192 e. The first-order valence-corrected chi connectivity index (χ1v) is 10.4. The Bertz CT molecular complexity index is 882. The van der Waals surface area contributed by atoms with Crippen LogP contribution in [0.25, 0.3) is 11.4 Å². The summed E-state index contributed by atoms with van der Waals surface area (Å²) in [6.07, 6.45) is 6.20. The Morgan fingerprint density at radius 3 is 2.59 bits per heavy atom. The zero-order chi connectivity index (χ0) is 18.6. The molecule has 0 N–H and O–H groups in total. The van der Waals surface area contributed by atoms with Crippen molar-refractivity contribution >= 4 is 11.8 Å². The number of aryl methyl sites for hydroxylation is 1. The van der Waals surface area contributed by atoms with Gasteiger partial charge in [-0.15, -0.1) is 10.2 Å². The summed E-state index contributed by atoms with van der Waals surface area (Å²) in [4.78, 5) is 0. The monoisotopic (exact) mass is 384 g/mol. The van der Waals surface area contributed by atoms with Crippen LogP contribution in [0.5, 0.6) is 5.75 Å². The fraction of sp³-hybridized carbons (Fsp3) is 0.450. The van der Waals surface area contributed by atoms with E-state index in [1.807, 2.05) is 25.1 Å². The van der Waals surface area contributed by atoms with Crippen LogP contribution in [-0.2, 0) is 5.75 Å². The molecule has 1 aliphatic carbocycles. The van der Waals surface area contributed by atoms with Crippen LogP contribution in [0.1, 0.15) is 49.6 Å². The first-order chi connectivity index (χ1) is 13.2. The molecule has 0 atom stereocenters. The lowest BCUT2D eigenvalue weighted by Gasteiger charge is -2.25. The molecule has 2 aromatic heterocycles. The number of hydrogen-bond acceptors (Lipinski definition) is 6. The molecule has 7 heteroatoms. The first kappa shape index (κ1) is 18.1. The van der Waals surface area contributed by atoms with Crippen molar-refractivity contribution < 1.29 is 9.26 Å². The molecule has 0 unspecified atom stereocenters. The van der Waals surface area contributed by atoms with Gasteiger partial charge in [0, 0.05) is 23.4 Å². The summed E-state index contributed by atoms with van der Waals surface area (Å²) >= 11 is 1.67. The summed E-state index contributed by atoms with van der Waals surface area (Å²) in [5, 5.41) is 14.1. The fourth-order valence-corrected chi connectivity index (χ4v) is 4.49. The van der Waals surface area contributed by atoms with Crippen LogP contribution >= 0.6 is 11.8 Å². The molecule has 1 aromatic carbocycles. The van der Waals surface area contributed by atoms with Crippen LogP contribution < -0.4 is 4.74 Å². The zero-order valence-corrected chi connectivity index (χ0v) is 16.5. The van der Waals surface area contributed by atoms with E-state index >= 15 is 0 Å². The first-order valence-electron chi connectivity index (χ1n) is 9.39. The van der Waals surface area contributed by atoms with Crippen molar-refractivity contribution in [2.24, 2.45) is 0 Å². The minimum atomic E-state index is 0.451. The molecule has 0 bridgehead atoms. The van der Waals surface area contributed by atoms with Crippen molar-refractivity contribution in [3.63, 3.8) is 0 Å². The van der Waals surface area contributed by atoms with E-state index in [2.05, 4.69) is 32.1 Å². The van der Waals surface area contributed by atoms with Gasteiger partial charge in [0.05, 0.1) is 12.8 Å². The molecule has 1 saturated carbocycles. The Morgan fingerprint density at radius 1 is 1.15 bits per heavy atom. The summed E-state index contributed by atoms with van der Waals surface area (Å²) in [6, 6.07) is 10.5. The van der Waals surface area contributed by atoms with Gasteiger partial charge in [0.1, 0.15) is 11.5 Å². The fourth-order valence-electron chi connectivity index (χ4n) is 3.61. The standard InChI is InChI=1S/C20H24N4O2S/c1-14-12-16(23-26-14)13-27-20-22-21-19(15-8-10-18(25-2)11-9-15)24(20)17-6-4-3-5-7-17/h8-12,17H,3-7,13H2,1-2H3. The van der Waals surface area contributed by atoms with Gasteiger partial charge in [-0.05, 0) is 44.0 Å². The average molecular weight is 385 g/mol. The number of ether oxygens (including phenoxy) is 1. The van der Waals surface area contributed by atoms with Crippen LogP contribution in [0.4, 0.5) is 0 Å². The summed E-state index contributed by atoms with van der Waals surface area (Å²) in [5.41, 5.74) is 2.00. The number of thioether (sulfide) groups is 1. The van der Waals surface area contributed by atoms with E-state index in [0.29, 0.717) is 6.04 Å². The normalized spacial score (nSPS) is 15.2. The van der Waals surface area contributed by atoms with Gasteiger partial charge in [-0.25, -0.2) is 0 Å². The minimum Gasteiger partial charge on any atom is -0.497 e. The average Bonchev–Trinajstić information content (AvgIpc) is 3.33. The van der Waals surface area contributed by atoms with Crippen molar-refractivity contribution in [1.82, 2.24) is 19.9 Å². The van der Waals surface area contributed by atoms with E-state index in [1.54, 1.807) is 18.9 Å². The number of aromatic nitrogens is 4. The van der Waals surface area contributed by atoms with Crippen LogP contribution in [0, 0.1) is 6.92 Å². The van der Waals surface area contributed by atoms with Gasteiger partial charge in [-0.3, -0.25) is 4.57 Å². The molecule has 0 aliphatic heterocycles. The Morgan fingerprint density at radius 2 is 1.93 bits per heavy atom. The maximum atomic E-state index is 5.28. The second-order valence-electron chi connectivity index (χ2n) is 6.91. The third-order valence-electron chi connectivity index (χ3n) is 4.98. The third-order valence-corrected chi connectivity index (χ3v) is 5.96. The highest BCUT2D eigenvalue weighted by atomic mass is 32.2. The van der Waals surface area contributed by atoms with Crippen molar-refractivity contribution in [3.8, 4) is 17.1 Å². The predicted octanol–water partition coefficient (Wildman–Crippen LogP) is 5.05. The molecule has 0 saturated heterocycles. The van der Waals surface area contributed by atoms with Gasteiger partial charge < -0.3 is 9.26 Å². The van der Waals surface area contributed by atoms with Gasteiger partial charge in [0.2, 0.25) is 0 Å². The van der Waals surface area contributed by atoms with Gasteiger partial charge in [0.15, 0.2) is 11.0 Å². The Labute approximate surface area is 163 Å². The lowest BCUT2D eigenvalue weighted by molar-refractivity contribution is 0.339. The van der Waals surface area contributed by atoms with Crippen molar-refractivity contribution in [2.75, 3.05) is 7.11 Å². The maximum Gasteiger partial charge on any atom is 0.192 e. The van der Waals surface area contributed by atoms with Crippen LogP contribution in [0.3, 0.4) is 0 Å². The topological polar surface area (TPSA) is 66.0 Å². The Hall–Kier alpha value is -2.28. The molecule has 142 valence electrons. The van der Waals surface area contributed by atoms with E-state index in [-0.39, 0.29) is 0 Å². The largest absolute Gasteiger partial charge is 0.497 e. The molecule has 6 nitrogen and oxygen atoms in total. The minimum absolute atomic E-state index is 0.451. The van der Waals surface area contributed by atoms with Gasteiger partial charge in [-0.2, -0.15) is 0 Å². The third kappa shape index (κ3) is 4.03. The summed E-state index contributed by atoms with van der Waals surface area (Å²) in [5.74, 6) is 3.34. The molecule has 1 fully saturated rings. The molecule has 0 spiro atoms. The van der Waals surface area contributed by atoms with E-state index < -0.39 is 0 Å². The second kappa shape index (κ2) is 8.17. The number of nitrogens with zero attached hydrogens (tertiary/aromatic N) is 4. The molecular weight excluding hydrogens is 360 g/mol. The molecule has 4 rings (SSSR count). The molecule has 2 heterocycles. The number of hydrogen-bond donors (Lipinski definition) is 0. The number of benzene rings is 1. The lowest BCUT2D eigenvalue weighted by Crippen LogP contribution is -2.15. The van der Waals surface area contributed by atoms with E-state index in [1.165, 1.54) is 32.1 Å². The van der Waals surface area contributed by atoms with Gasteiger partial charge in [-0.1, -0.05) is 36.2 Å². The summed E-state index contributed by atoms with van der Waals surface area (Å²) < 4.78 is 12.8. The predicted molar refractivity (Wildman–Crippen MR) is 105 cm³/mol. The Balaban J connectivity index is 1.64. The van der Waals surface area contributed by atoms with Crippen LogP contribution in [0.15, 0.2) is 40.0 Å². The molecule has 1 aliphatic rings. The highest BCUT2D eigenvalue weighted by Crippen LogP contribution is 2.36. The molecule has 27 heavy (non-hydrogen) atoms. The Kier molecular flexibility index (Phi) is 5.48. The summed E-state index contributed by atoms with van der Waals surface area (Å²) in [6.45, 7) is 1.91. The van der Waals surface area contributed by atoms with E-state index in [4.69, 9.17) is 9.26 Å². The molecular formula is C20H24N4O2S. The van der Waals surface area contributed by atoms with E-state index in [0.717, 1.165) is 39.5 Å². The second-order valence-corrected chi connectivity index (χ2v) is 7.86. The van der Waals surface area contributed by atoms with E-state index in [9.17, 15) is 0 Å². The number of methoxy groups -OCH3 is 1. The zero-order valence-electron chi connectivity index (χ0n) is 15.7. The van der Waals surface area contributed by atoms with Gasteiger partial charge in [0.25, 0.3) is 0 Å². The molecule has 0 radical (unpaired) electrons. The maximum absolute atomic E-state index is 5.28. The quantitative estimate of drug-likeness (QED) is 0.554. The van der Waals surface area contributed by atoms with Crippen molar-refractivity contribution in [2.45, 2.75) is 56.0 Å². The van der Waals surface area contributed by atoms with Crippen molar-refractivity contribution in [3.05, 3.63) is 41.8 Å². The molecule has 3 aromatic rings. The lowest BCUT2D eigenvalue weighted by atomic mass is 9.95. The van der Waals surface area contributed by atoms with Crippen LogP contribution in [-0.4, -0.2) is 27.0 Å². The highest BCUT2D eigenvalue weighted by Gasteiger charge is 2.24. The van der Waals surface area contributed by atoms with Crippen LogP contribution in [0.2, 0.25) is 0 Å². The summed E-state index contributed by atoms with van der Waals surface area (Å²) in [7, 11) is 1.68. The number of rotatable bonds is 6. The van der Waals surface area contributed by atoms with Crippen molar-refractivity contribution in [1.29, 1.82) is 0 Å². The highest BCUT2D eigenvalue weighted by molar-refractivity contribution is 7.98.